The molecule has 0 aliphatic rings. The molecule has 6 heteroatoms. The van der Waals surface area contributed by atoms with Crippen LogP contribution in [0.25, 0.3) is 10.9 Å². The number of aryl methyl sites for hydroxylation is 1. The highest BCUT2D eigenvalue weighted by atomic mass is 32.1. The average Bonchev–Trinajstić information content (AvgIpc) is 2.95. The summed E-state index contributed by atoms with van der Waals surface area (Å²) >= 11 is 1.55. The third kappa shape index (κ3) is 2.10. The first-order valence-electron chi connectivity index (χ1n) is 5.75. The first kappa shape index (κ1) is 11.9. The number of carboxylic acid groups (broad SMARTS) is 1. The maximum absolute atomic E-state index is 11.2. The van der Waals surface area contributed by atoms with Crippen molar-refractivity contribution in [2.24, 2.45) is 0 Å². The van der Waals surface area contributed by atoms with Crippen LogP contribution < -0.4 is 0 Å². The molecule has 2 aromatic heterocycles. The first-order valence-corrected chi connectivity index (χ1v) is 6.63. The number of para-hydroxylation sites is 1. The number of carbonyl (C=O) groups is 1. The van der Waals surface area contributed by atoms with E-state index >= 15 is 0 Å². The Kier molecular flexibility index (Phi) is 2.79. The number of nitrogens with zero attached hydrogens (tertiary/aromatic N) is 3. The van der Waals surface area contributed by atoms with Gasteiger partial charge in [0.05, 0.1) is 12.1 Å². The molecule has 0 aliphatic carbocycles. The fourth-order valence-electron chi connectivity index (χ4n) is 2.01. The molecule has 0 bridgehead atoms. The lowest BCUT2D eigenvalue weighted by Crippen LogP contribution is -2.04. The van der Waals surface area contributed by atoms with Crippen LogP contribution in [0.1, 0.15) is 21.2 Å². The van der Waals surface area contributed by atoms with Gasteiger partial charge in [-0.25, -0.2) is 9.78 Å². The van der Waals surface area contributed by atoms with E-state index in [9.17, 15) is 9.90 Å². The molecule has 1 aromatic carbocycles. The van der Waals surface area contributed by atoms with Crippen molar-refractivity contribution in [3.8, 4) is 0 Å². The van der Waals surface area contributed by atoms with Crippen LogP contribution in [0.15, 0.2) is 29.6 Å². The van der Waals surface area contributed by atoms with E-state index in [2.05, 4.69) is 10.1 Å². The maximum atomic E-state index is 11.2. The topological polar surface area (TPSA) is 68.0 Å². The smallest absolute Gasteiger partial charge is 0.357 e. The number of benzene rings is 1. The highest BCUT2D eigenvalue weighted by molar-refractivity contribution is 7.09. The van der Waals surface area contributed by atoms with E-state index in [0.29, 0.717) is 11.9 Å². The summed E-state index contributed by atoms with van der Waals surface area (Å²) in [6.45, 7) is 2.43. The molecule has 2 heterocycles. The van der Waals surface area contributed by atoms with Gasteiger partial charge >= 0.3 is 5.97 Å². The van der Waals surface area contributed by atoms with E-state index in [1.54, 1.807) is 22.1 Å². The molecule has 0 unspecified atom stereocenters. The molecule has 0 amide bonds. The van der Waals surface area contributed by atoms with Crippen LogP contribution in [0, 0.1) is 6.92 Å². The Hall–Kier alpha value is -2.21. The number of fused-ring (bicyclic) bond motifs is 1. The van der Waals surface area contributed by atoms with Gasteiger partial charge in [0.15, 0.2) is 5.69 Å². The number of hydrogen-bond acceptors (Lipinski definition) is 4. The van der Waals surface area contributed by atoms with Gasteiger partial charge in [-0.05, 0) is 13.0 Å². The SMILES string of the molecule is Cc1csc(Cn2nc(C(=O)O)c3ccccc32)n1. The predicted molar refractivity (Wildman–Crippen MR) is 72.6 cm³/mol. The summed E-state index contributed by atoms with van der Waals surface area (Å²) in [5, 5.41) is 16.9. The molecule has 0 atom stereocenters. The Bertz CT molecular complexity index is 760. The zero-order valence-electron chi connectivity index (χ0n) is 10.2. The zero-order chi connectivity index (χ0) is 13.4. The van der Waals surface area contributed by atoms with Crippen LogP contribution in [0.2, 0.25) is 0 Å². The van der Waals surface area contributed by atoms with Gasteiger partial charge in [-0.3, -0.25) is 4.68 Å². The second kappa shape index (κ2) is 4.47. The van der Waals surface area contributed by atoms with Crippen molar-refractivity contribution in [3.63, 3.8) is 0 Å². The van der Waals surface area contributed by atoms with E-state index in [-0.39, 0.29) is 5.69 Å². The van der Waals surface area contributed by atoms with Crippen molar-refractivity contribution in [1.29, 1.82) is 0 Å². The number of aromatic nitrogens is 3. The van der Waals surface area contributed by atoms with Crippen LogP contribution in [-0.4, -0.2) is 25.8 Å². The molecule has 96 valence electrons. The molecule has 19 heavy (non-hydrogen) atoms. The molecule has 0 spiro atoms. The lowest BCUT2D eigenvalue weighted by atomic mass is 10.2. The lowest BCUT2D eigenvalue weighted by Gasteiger charge is -1.99. The molecule has 3 rings (SSSR count). The number of rotatable bonds is 3. The molecule has 5 nitrogen and oxygen atoms in total. The molecule has 1 N–H and O–H groups in total. The molecular formula is C13H11N3O2S. The zero-order valence-corrected chi connectivity index (χ0v) is 11.0. The van der Waals surface area contributed by atoms with Gasteiger partial charge in [0.25, 0.3) is 0 Å². The van der Waals surface area contributed by atoms with Crippen molar-refractivity contribution < 1.29 is 9.90 Å². The van der Waals surface area contributed by atoms with Crippen molar-refractivity contribution in [2.45, 2.75) is 13.5 Å². The molecule has 0 saturated heterocycles. The van der Waals surface area contributed by atoms with Gasteiger partial charge in [0.1, 0.15) is 5.01 Å². The Morgan fingerprint density at radius 3 is 2.89 bits per heavy atom. The van der Waals surface area contributed by atoms with Crippen molar-refractivity contribution in [3.05, 3.63) is 46.0 Å². The minimum Gasteiger partial charge on any atom is -0.476 e. The third-order valence-electron chi connectivity index (χ3n) is 2.81. The number of thiazole rings is 1. The molecular weight excluding hydrogens is 262 g/mol. The first-order chi connectivity index (χ1) is 9.15. The van der Waals surface area contributed by atoms with E-state index < -0.39 is 5.97 Å². The summed E-state index contributed by atoms with van der Waals surface area (Å²) in [6.07, 6.45) is 0. The maximum Gasteiger partial charge on any atom is 0.357 e. The number of hydrogen-bond donors (Lipinski definition) is 1. The summed E-state index contributed by atoms with van der Waals surface area (Å²) in [7, 11) is 0. The molecule has 0 fully saturated rings. The molecule has 0 saturated carbocycles. The van der Waals surface area contributed by atoms with Gasteiger partial charge in [0, 0.05) is 16.5 Å². The van der Waals surface area contributed by atoms with E-state index in [4.69, 9.17) is 0 Å². The molecule has 0 radical (unpaired) electrons. The highest BCUT2D eigenvalue weighted by Crippen LogP contribution is 2.20. The summed E-state index contributed by atoms with van der Waals surface area (Å²) < 4.78 is 1.69. The Morgan fingerprint density at radius 1 is 1.42 bits per heavy atom. The van der Waals surface area contributed by atoms with Gasteiger partial charge < -0.3 is 5.11 Å². The summed E-state index contributed by atoms with van der Waals surface area (Å²) in [6, 6.07) is 7.33. The van der Waals surface area contributed by atoms with E-state index in [0.717, 1.165) is 16.2 Å². The molecule has 0 aliphatic heterocycles. The van der Waals surface area contributed by atoms with Gasteiger partial charge in [-0.1, -0.05) is 18.2 Å². The number of carboxylic acids is 1. The second-order valence-corrected chi connectivity index (χ2v) is 5.15. The minimum absolute atomic E-state index is 0.0869. The molecule has 3 aromatic rings. The quantitative estimate of drug-likeness (QED) is 0.796. The minimum atomic E-state index is -1.01. The average molecular weight is 273 g/mol. The fourth-order valence-corrected chi connectivity index (χ4v) is 2.76. The van der Waals surface area contributed by atoms with Gasteiger partial charge in [-0.2, -0.15) is 5.10 Å². The lowest BCUT2D eigenvalue weighted by molar-refractivity contribution is 0.0691. The van der Waals surface area contributed by atoms with Crippen LogP contribution >= 0.6 is 11.3 Å². The normalized spacial score (nSPS) is 11.0. The fraction of sp³-hybridized carbons (Fsp3) is 0.154. The summed E-state index contributed by atoms with van der Waals surface area (Å²) in [5.74, 6) is -1.01. The van der Waals surface area contributed by atoms with Crippen LogP contribution in [0.5, 0.6) is 0 Å². The largest absolute Gasteiger partial charge is 0.476 e. The Labute approximate surface area is 113 Å². The van der Waals surface area contributed by atoms with Gasteiger partial charge in [0.2, 0.25) is 0 Å². The van der Waals surface area contributed by atoms with Crippen molar-refractivity contribution in [1.82, 2.24) is 14.8 Å². The summed E-state index contributed by atoms with van der Waals surface area (Å²) in [5.41, 5.74) is 1.87. The van der Waals surface area contributed by atoms with E-state index in [1.165, 1.54) is 0 Å². The van der Waals surface area contributed by atoms with Crippen LogP contribution in [0.3, 0.4) is 0 Å². The third-order valence-corrected chi connectivity index (χ3v) is 3.76. The second-order valence-electron chi connectivity index (χ2n) is 4.21. The Morgan fingerprint density at radius 2 is 2.21 bits per heavy atom. The predicted octanol–water partition coefficient (Wildman–Crippen LogP) is 2.55. The number of aromatic carboxylic acids is 1. The summed E-state index contributed by atoms with van der Waals surface area (Å²) in [4.78, 5) is 15.6. The van der Waals surface area contributed by atoms with Crippen molar-refractivity contribution >= 4 is 28.2 Å². The Balaban J connectivity index is 2.11. The van der Waals surface area contributed by atoms with Gasteiger partial charge in [-0.15, -0.1) is 11.3 Å². The van der Waals surface area contributed by atoms with Crippen LogP contribution in [-0.2, 0) is 6.54 Å². The van der Waals surface area contributed by atoms with Crippen molar-refractivity contribution in [2.75, 3.05) is 0 Å². The van der Waals surface area contributed by atoms with Crippen LogP contribution in [0.4, 0.5) is 0 Å². The monoisotopic (exact) mass is 273 g/mol. The standard InChI is InChI=1S/C13H11N3O2S/c1-8-7-19-11(14-8)6-16-10-5-3-2-4-9(10)12(15-16)13(17)18/h2-5,7H,6H2,1H3,(H,17,18). The highest BCUT2D eigenvalue weighted by Gasteiger charge is 2.16. The van der Waals surface area contributed by atoms with E-state index in [1.807, 2.05) is 30.5 Å².